The summed E-state index contributed by atoms with van der Waals surface area (Å²) >= 11 is 0. The molecule has 4 nitrogen and oxygen atoms in total. The SMILES string of the molecule is CCCCC(CC)C(=O)NCCc1ccccc1C(=O)O. The Morgan fingerprint density at radius 1 is 1.24 bits per heavy atom. The zero-order chi connectivity index (χ0) is 15.7. The van der Waals surface area contributed by atoms with Crippen molar-refractivity contribution in [3.8, 4) is 0 Å². The first-order chi connectivity index (χ1) is 10.1. The van der Waals surface area contributed by atoms with Crippen LogP contribution in [0.4, 0.5) is 0 Å². The molecule has 0 fully saturated rings. The lowest BCUT2D eigenvalue weighted by Gasteiger charge is -2.14. The fourth-order valence-electron chi connectivity index (χ4n) is 2.38. The van der Waals surface area contributed by atoms with E-state index in [0.29, 0.717) is 18.5 Å². The minimum absolute atomic E-state index is 0.0691. The van der Waals surface area contributed by atoms with Gasteiger partial charge in [-0.3, -0.25) is 4.79 Å². The largest absolute Gasteiger partial charge is 0.478 e. The molecular formula is C17H25NO3. The lowest BCUT2D eigenvalue weighted by Crippen LogP contribution is -2.32. The Balaban J connectivity index is 2.49. The van der Waals surface area contributed by atoms with Crippen molar-refractivity contribution < 1.29 is 14.7 Å². The minimum atomic E-state index is -0.925. The maximum Gasteiger partial charge on any atom is 0.335 e. The number of carboxylic acid groups (broad SMARTS) is 1. The average Bonchev–Trinajstić information content (AvgIpc) is 2.48. The normalized spacial score (nSPS) is 11.9. The number of hydrogen-bond donors (Lipinski definition) is 2. The van der Waals surface area contributed by atoms with Gasteiger partial charge in [-0.2, -0.15) is 0 Å². The molecule has 1 atom stereocenters. The summed E-state index contributed by atoms with van der Waals surface area (Å²) in [4.78, 5) is 23.2. The van der Waals surface area contributed by atoms with Gasteiger partial charge in [0.1, 0.15) is 0 Å². The molecule has 0 spiro atoms. The van der Waals surface area contributed by atoms with Gasteiger partial charge in [0.15, 0.2) is 0 Å². The summed E-state index contributed by atoms with van der Waals surface area (Å²) < 4.78 is 0. The molecule has 1 aromatic rings. The second-order valence-corrected chi connectivity index (χ2v) is 5.25. The highest BCUT2D eigenvalue weighted by atomic mass is 16.4. The van der Waals surface area contributed by atoms with Crippen molar-refractivity contribution >= 4 is 11.9 Å². The van der Waals surface area contributed by atoms with Gasteiger partial charge in [0.2, 0.25) is 5.91 Å². The number of aromatic carboxylic acids is 1. The van der Waals surface area contributed by atoms with E-state index in [4.69, 9.17) is 5.11 Å². The second-order valence-electron chi connectivity index (χ2n) is 5.25. The molecule has 0 saturated heterocycles. The molecule has 21 heavy (non-hydrogen) atoms. The smallest absolute Gasteiger partial charge is 0.335 e. The monoisotopic (exact) mass is 291 g/mol. The molecule has 1 unspecified atom stereocenters. The van der Waals surface area contributed by atoms with Crippen molar-refractivity contribution in [2.24, 2.45) is 5.92 Å². The quantitative estimate of drug-likeness (QED) is 0.734. The van der Waals surface area contributed by atoms with E-state index in [1.165, 1.54) is 0 Å². The van der Waals surface area contributed by atoms with Gasteiger partial charge < -0.3 is 10.4 Å². The molecule has 0 radical (unpaired) electrons. The predicted octanol–water partition coefficient (Wildman–Crippen LogP) is 3.26. The van der Waals surface area contributed by atoms with E-state index in [9.17, 15) is 9.59 Å². The Bertz CT molecular complexity index is 471. The van der Waals surface area contributed by atoms with Crippen molar-refractivity contribution in [1.29, 1.82) is 0 Å². The summed E-state index contributed by atoms with van der Waals surface area (Å²) in [6.07, 6.45) is 4.46. The van der Waals surface area contributed by atoms with Gasteiger partial charge in [0.05, 0.1) is 5.56 Å². The number of nitrogens with one attached hydrogen (secondary N) is 1. The maximum atomic E-state index is 12.1. The molecular weight excluding hydrogens is 266 g/mol. The van der Waals surface area contributed by atoms with Gasteiger partial charge in [-0.1, -0.05) is 44.9 Å². The summed E-state index contributed by atoms with van der Waals surface area (Å²) in [6, 6.07) is 6.92. The Labute approximate surface area is 126 Å². The number of carbonyl (C=O) groups is 2. The summed E-state index contributed by atoms with van der Waals surface area (Å²) in [5.41, 5.74) is 1.07. The van der Waals surface area contributed by atoms with E-state index in [0.717, 1.165) is 31.2 Å². The Kier molecular flexibility index (Phi) is 7.51. The van der Waals surface area contributed by atoms with Crippen LogP contribution in [0.25, 0.3) is 0 Å². The first kappa shape index (κ1) is 17.2. The molecule has 116 valence electrons. The van der Waals surface area contributed by atoms with Crippen LogP contribution in [0.3, 0.4) is 0 Å². The van der Waals surface area contributed by atoms with Crippen LogP contribution in [0.2, 0.25) is 0 Å². The van der Waals surface area contributed by atoms with E-state index in [1.807, 2.05) is 13.0 Å². The Morgan fingerprint density at radius 2 is 1.95 bits per heavy atom. The lowest BCUT2D eigenvalue weighted by molar-refractivity contribution is -0.125. The standard InChI is InChI=1S/C17H25NO3/c1-3-5-8-13(4-2)16(19)18-12-11-14-9-6-7-10-15(14)17(20)21/h6-7,9-10,13H,3-5,8,11-12H2,1-2H3,(H,18,19)(H,20,21). The molecule has 0 aliphatic rings. The molecule has 0 bridgehead atoms. The number of hydrogen-bond acceptors (Lipinski definition) is 2. The van der Waals surface area contributed by atoms with Gasteiger partial charge in [-0.15, -0.1) is 0 Å². The molecule has 1 aromatic carbocycles. The van der Waals surface area contributed by atoms with Crippen LogP contribution in [-0.2, 0) is 11.2 Å². The molecule has 0 heterocycles. The second kappa shape index (κ2) is 9.16. The van der Waals surface area contributed by atoms with Crippen LogP contribution in [0.1, 0.15) is 55.5 Å². The van der Waals surface area contributed by atoms with Gasteiger partial charge in [-0.25, -0.2) is 4.79 Å². The highest BCUT2D eigenvalue weighted by Crippen LogP contribution is 2.13. The summed E-state index contributed by atoms with van der Waals surface area (Å²) in [5, 5.41) is 12.0. The van der Waals surface area contributed by atoms with Crippen LogP contribution >= 0.6 is 0 Å². The summed E-state index contributed by atoms with van der Waals surface area (Å²) in [7, 11) is 0. The summed E-state index contributed by atoms with van der Waals surface area (Å²) in [5.74, 6) is -0.773. The first-order valence-electron chi connectivity index (χ1n) is 7.69. The predicted molar refractivity (Wildman–Crippen MR) is 83.4 cm³/mol. The zero-order valence-electron chi connectivity index (χ0n) is 12.9. The highest BCUT2D eigenvalue weighted by molar-refractivity contribution is 5.89. The fourth-order valence-corrected chi connectivity index (χ4v) is 2.38. The first-order valence-corrected chi connectivity index (χ1v) is 7.69. The third-order valence-corrected chi connectivity index (χ3v) is 3.71. The summed E-state index contributed by atoms with van der Waals surface area (Å²) in [6.45, 7) is 4.62. The third kappa shape index (κ3) is 5.58. The molecule has 1 rings (SSSR count). The van der Waals surface area contributed by atoms with Gasteiger partial charge in [-0.05, 0) is 30.9 Å². The maximum absolute atomic E-state index is 12.1. The fraction of sp³-hybridized carbons (Fsp3) is 0.529. The highest BCUT2D eigenvalue weighted by Gasteiger charge is 2.15. The molecule has 0 aliphatic carbocycles. The molecule has 0 aromatic heterocycles. The van der Waals surface area contributed by atoms with Gasteiger partial charge in [0, 0.05) is 12.5 Å². The zero-order valence-corrected chi connectivity index (χ0v) is 12.9. The molecule has 1 amide bonds. The van der Waals surface area contributed by atoms with Crippen molar-refractivity contribution in [1.82, 2.24) is 5.32 Å². The van der Waals surface area contributed by atoms with E-state index < -0.39 is 5.97 Å². The third-order valence-electron chi connectivity index (χ3n) is 3.71. The number of unbranched alkanes of at least 4 members (excludes halogenated alkanes) is 1. The van der Waals surface area contributed by atoms with E-state index in [2.05, 4.69) is 12.2 Å². The molecule has 4 heteroatoms. The van der Waals surface area contributed by atoms with Crippen LogP contribution in [0.15, 0.2) is 24.3 Å². The average molecular weight is 291 g/mol. The van der Waals surface area contributed by atoms with Crippen LogP contribution < -0.4 is 5.32 Å². The van der Waals surface area contributed by atoms with Crippen LogP contribution in [-0.4, -0.2) is 23.5 Å². The number of carbonyl (C=O) groups excluding carboxylic acids is 1. The number of benzene rings is 1. The van der Waals surface area contributed by atoms with E-state index >= 15 is 0 Å². The molecule has 0 saturated carbocycles. The number of carboxylic acids is 1. The number of amides is 1. The lowest BCUT2D eigenvalue weighted by atomic mass is 9.98. The van der Waals surface area contributed by atoms with Crippen LogP contribution in [0.5, 0.6) is 0 Å². The van der Waals surface area contributed by atoms with Crippen molar-refractivity contribution in [3.63, 3.8) is 0 Å². The van der Waals surface area contributed by atoms with Crippen molar-refractivity contribution in [3.05, 3.63) is 35.4 Å². The van der Waals surface area contributed by atoms with E-state index in [-0.39, 0.29) is 11.8 Å². The minimum Gasteiger partial charge on any atom is -0.478 e. The molecule has 0 aliphatic heterocycles. The Hall–Kier alpha value is -1.84. The van der Waals surface area contributed by atoms with Crippen molar-refractivity contribution in [2.75, 3.05) is 6.54 Å². The Morgan fingerprint density at radius 3 is 2.57 bits per heavy atom. The van der Waals surface area contributed by atoms with Crippen molar-refractivity contribution in [2.45, 2.75) is 46.0 Å². The number of rotatable bonds is 9. The van der Waals surface area contributed by atoms with Crippen LogP contribution in [0, 0.1) is 5.92 Å². The van der Waals surface area contributed by atoms with Gasteiger partial charge in [0.25, 0.3) is 0 Å². The topological polar surface area (TPSA) is 66.4 Å². The molecule has 2 N–H and O–H groups in total. The van der Waals surface area contributed by atoms with Gasteiger partial charge >= 0.3 is 5.97 Å². The van der Waals surface area contributed by atoms with E-state index in [1.54, 1.807) is 18.2 Å².